The molecule has 3 aliphatic rings. The summed E-state index contributed by atoms with van der Waals surface area (Å²) in [6.07, 6.45) is 5.34. The number of fused-ring (bicyclic) bond motifs is 1. The van der Waals surface area contributed by atoms with Crippen molar-refractivity contribution >= 4 is 0 Å². The van der Waals surface area contributed by atoms with Crippen molar-refractivity contribution < 1.29 is 4.74 Å². The van der Waals surface area contributed by atoms with Crippen molar-refractivity contribution in [3.63, 3.8) is 0 Å². The van der Waals surface area contributed by atoms with E-state index >= 15 is 0 Å². The van der Waals surface area contributed by atoms with E-state index in [1.807, 2.05) is 0 Å². The van der Waals surface area contributed by atoms with Crippen LogP contribution in [0.15, 0.2) is 0 Å². The number of likely N-dealkylation sites (tertiary alicyclic amines) is 1. The monoisotopic (exact) mass is 224 g/mol. The van der Waals surface area contributed by atoms with Gasteiger partial charge in [0.05, 0.1) is 0 Å². The van der Waals surface area contributed by atoms with E-state index in [1.54, 1.807) is 0 Å². The van der Waals surface area contributed by atoms with Gasteiger partial charge in [0.2, 0.25) is 0 Å². The van der Waals surface area contributed by atoms with Gasteiger partial charge in [-0.15, -0.1) is 0 Å². The molecule has 3 saturated heterocycles. The van der Waals surface area contributed by atoms with Crippen molar-refractivity contribution in [2.24, 2.45) is 11.8 Å². The van der Waals surface area contributed by atoms with Crippen LogP contribution >= 0.6 is 0 Å². The molecule has 0 aromatic rings. The third-order valence-electron chi connectivity index (χ3n) is 4.76. The topological polar surface area (TPSA) is 24.5 Å². The van der Waals surface area contributed by atoms with E-state index in [4.69, 9.17) is 4.74 Å². The molecule has 0 aromatic heterocycles. The van der Waals surface area contributed by atoms with Gasteiger partial charge >= 0.3 is 0 Å². The molecule has 3 aliphatic heterocycles. The molecule has 0 aliphatic carbocycles. The summed E-state index contributed by atoms with van der Waals surface area (Å²) in [7, 11) is 0. The summed E-state index contributed by atoms with van der Waals surface area (Å²) >= 11 is 0. The zero-order valence-electron chi connectivity index (χ0n) is 10.2. The fraction of sp³-hybridized carbons (Fsp3) is 1.00. The molecule has 3 nitrogen and oxygen atoms in total. The summed E-state index contributed by atoms with van der Waals surface area (Å²) in [6, 6.07) is 0.820. The molecule has 0 saturated carbocycles. The molecule has 3 heteroatoms. The molecule has 3 fully saturated rings. The quantitative estimate of drug-likeness (QED) is 0.722. The van der Waals surface area contributed by atoms with Crippen LogP contribution in [0.5, 0.6) is 0 Å². The average molecular weight is 224 g/mol. The molecule has 0 spiro atoms. The first-order valence-corrected chi connectivity index (χ1v) is 6.96. The van der Waals surface area contributed by atoms with Crippen molar-refractivity contribution in [3.8, 4) is 0 Å². The van der Waals surface area contributed by atoms with Crippen LogP contribution in [0.3, 0.4) is 0 Å². The summed E-state index contributed by atoms with van der Waals surface area (Å²) in [4.78, 5) is 2.75. The SMILES string of the molecule is C1CC(N2CCC3CNCC3CC2)CCO1. The van der Waals surface area contributed by atoms with E-state index in [9.17, 15) is 0 Å². The second-order valence-corrected chi connectivity index (χ2v) is 5.64. The minimum Gasteiger partial charge on any atom is -0.381 e. The lowest BCUT2D eigenvalue weighted by Gasteiger charge is -2.33. The number of hydrogen-bond acceptors (Lipinski definition) is 3. The van der Waals surface area contributed by atoms with Crippen LogP contribution in [-0.2, 0) is 4.74 Å². The summed E-state index contributed by atoms with van der Waals surface area (Å²) in [5.41, 5.74) is 0. The number of nitrogens with one attached hydrogen (secondary N) is 1. The van der Waals surface area contributed by atoms with Crippen molar-refractivity contribution in [1.82, 2.24) is 10.2 Å². The third-order valence-corrected chi connectivity index (χ3v) is 4.76. The lowest BCUT2D eigenvalue weighted by molar-refractivity contribution is 0.0346. The van der Waals surface area contributed by atoms with Gasteiger partial charge < -0.3 is 15.0 Å². The molecule has 2 unspecified atom stereocenters. The molecule has 3 heterocycles. The Balaban J connectivity index is 1.56. The molecule has 0 aromatic carbocycles. The Morgan fingerprint density at radius 1 is 0.875 bits per heavy atom. The smallest absolute Gasteiger partial charge is 0.0480 e. The number of nitrogens with zero attached hydrogens (tertiary/aromatic N) is 1. The predicted octanol–water partition coefficient (Wildman–Crippen LogP) is 1.10. The maximum atomic E-state index is 5.46. The van der Waals surface area contributed by atoms with Gasteiger partial charge in [0, 0.05) is 19.3 Å². The molecule has 16 heavy (non-hydrogen) atoms. The zero-order chi connectivity index (χ0) is 10.8. The van der Waals surface area contributed by atoms with E-state index in [0.29, 0.717) is 0 Å². The highest BCUT2D eigenvalue weighted by molar-refractivity contribution is 4.87. The highest BCUT2D eigenvalue weighted by Gasteiger charge is 2.32. The van der Waals surface area contributed by atoms with Crippen LogP contribution in [0.25, 0.3) is 0 Å². The van der Waals surface area contributed by atoms with Crippen LogP contribution in [0.1, 0.15) is 25.7 Å². The maximum Gasteiger partial charge on any atom is 0.0480 e. The highest BCUT2D eigenvalue weighted by atomic mass is 16.5. The second-order valence-electron chi connectivity index (χ2n) is 5.64. The number of hydrogen-bond donors (Lipinski definition) is 1. The number of rotatable bonds is 1. The van der Waals surface area contributed by atoms with Gasteiger partial charge in [-0.1, -0.05) is 0 Å². The van der Waals surface area contributed by atoms with Crippen molar-refractivity contribution in [3.05, 3.63) is 0 Å². The molecular weight excluding hydrogens is 200 g/mol. The van der Waals surface area contributed by atoms with Crippen molar-refractivity contribution in [2.45, 2.75) is 31.7 Å². The first kappa shape index (κ1) is 11.0. The summed E-state index contributed by atoms with van der Waals surface area (Å²) in [5.74, 6) is 1.93. The average Bonchev–Trinajstić information content (AvgIpc) is 2.70. The first-order valence-electron chi connectivity index (χ1n) is 6.96. The minimum atomic E-state index is 0.820. The summed E-state index contributed by atoms with van der Waals surface area (Å²) in [6.45, 7) is 7.16. The van der Waals surface area contributed by atoms with Crippen LogP contribution < -0.4 is 5.32 Å². The van der Waals surface area contributed by atoms with Gasteiger partial charge in [-0.2, -0.15) is 0 Å². The van der Waals surface area contributed by atoms with Gasteiger partial charge in [0.1, 0.15) is 0 Å². The van der Waals surface area contributed by atoms with Gasteiger partial charge in [-0.3, -0.25) is 0 Å². The van der Waals surface area contributed by atoms with Gasteiger partial charge in [-0.25, -0.2) is 0 Å². The molecular formula is C13H24N2O. The fourth-order valence-electron chi connectivity index (χ4n) is 3.65. The standard InChI is InChI=1S/C13H24N2O/c1-5-15(13-3-7-16-8-4-13)6-2-12-10-14-9-11(1)12/h11-14H,1-10H2. The van der Waals surface area contributed by atoms with E-state index in [2.05, 4.69) is 10.2 Å². The third kappa shape index (κ3) is 2.27. The van der Waals surface area contributed by atoms with Crippen LogP contribution in [0.2, 0.25) is 0 Å². The Bertz CT molecular complexity index is 214. The van der Waals surface area contributed by atoms with E-state index in [-0.39, 0.29) is 0 Å². The molecule has 2 atom stereocenters. The summed E-state index contributed by atoms with van der Waals surface area (Å²) < 4.78 is 5.46. The zero-order valence-corrected chi connectivity index (χ0v) is 10.2. The Morgan fingerprint density at radius 2 is 1.50 bits per heavy atom. The van der Waals surface area contributed by atoms with Crippen LogP contribution in [-0.4, -0.2) is 50.3 Å². The van der Waals surface area contributed by atoms with Crippen LogP contribution in [0, 0.1) is 11.8 Å². The Kier molecular flexibility index (Phi) is 3.46. The van der Waals surface area contributed by atoms with E-state index in [1.165, 1.54) is 51.9 Å². The van der Waals surface area contributed by atoms with Gasteiger partial charge in [-0.05, 0) is 63.7 Å². The minimum absolute atomic E-state index is 0.820. The lowest BCUT2D eigenvalue weighted by Crippen LogP contribution is -2.40. The lowest BCUT2D eigenvalue weighted by atomic mass is 9.92. The molecule has 0 amide bonds. The summed E-state index contributed by atoms with van der Waals surface area (Å²) in [5, 5.41) is 3.55. The predicted molar refractivity (Wildman–Crippen MR) is 64.5 cm³/mol. The fourth-order valence-corrected chi connectivity index (χ4v) is 3.65. The molecule has 92 valence electrons. The van der Waals surface area contributed by atoms with E-state index in [0.717, 1.165) is 31.1 Å². The molecule has 1 N–H and O–H groups in total. The first-order chi connectivity index (χ1) is 7.93. The van der Waals surface area contributed by atoms with Crippen molar-refractivity contribution in [2.75, 3.05) is 39.4 Å². The largest absolute Gasteiger partial charge is 0.381 e. The normalized spacial score (nSPS) is 38.2. The number of ether oxygens (including phenoxy) is 1. The maximum absolute atomic E-state index is 5.46. The van der Waals surface area contributed by atoms with E-state index < -0.39 is 0 Å². The molecule has 0 radical (unpaired) electrons. The molecule has 0 bridgehead atoms. The Morgan fingerprint density at radius 3 is 2.12 bits per heavy atom. The molecule has 3 rings (SSSR count). The van der Waals surface area contributed by atoms with Gasteiger partial charge in [0.15, 0.2) is 0 Å². The van der Waals surface area contributed by atoms with Gasteiger partial charge in [0.25, 0.3) is 0 Å². The van der Waals surface area contributed by atoms with Crippen LogP contribution in [0.4, 0.5) is 0 Å². The second kappa shape index (κ2) is 5.03. The highest BCUT2D eigenvalue weighted by Crippen LogP contribution is 2.29. The Hall–Kier alpha value is -0.120. The van der Waals surface area contributed by atoms with Crippen molar-refractivity contribution in [1.29, 1.82) is 0 Å². The Labute approximate surface area is 98.5 Å².